The number of terminal acetylenes is 1. The van der Waals surface area contributed by atoms with Crippen molar-refractivity contribution in [2.24, 2.45) is 22.7 Å². The first kappa shape index (κ1) is 21.4. The standard InChI is InChI=1S/C23H32O4/c1-6-17(14-19(26)18(25)10-13-24)15-23(27)16(2)8-9-20-21(3,4)11-7-12-22(20,23)5/h1,13-16,20,26-27H,7-12H2,2-5H3/b17-15+,19-14+/t16-,20+,22?,23+/m1/s1. The van der Waals surface area contributed by atoms with Gasteiger partial charge in [-0.05, 0) is 55.1 Å². The Hall–Kier alpha value is -1.86. The molecule has 148 valence electrons. The first-order chi connectivity index (χ1) is 12.5. The number of ketones is 1. The summed E-state index contributed by atoms with van der Waals surface area (Å²) in [4.78, 5) is 22.2. The van der Waals surface area contributed by atoms with Crippen LogP contribution in [0.15, 0.2) is 23.5 Å². The molecule has 4 atom stereocenters. The average molecular weight is 373 g/mol. The smallest absolute Gasteiger partial charge is 0.204 e. The zero-order valence-electron chi connectivity index (χ0n) is 16.9. The fourth-order valence-corrected chi connectivity index (χ4v) is 5.59. The van der Waals surface area contributed by atoms with Gasteiger partial charge in [0, 0.05) is 11.0 Å². The van der Waals surface area contributed by atoms with E-state index in [1.165, 1.54) is 6.08 Å². The molecule has 2 aliphatic carbocycles. The maximum absolute atomic E-state index is 11.9. The Bertz CT molecular complexity index is 708. The molecule has 0 radical (unpaired) electrons. The van der Waals surface area contributed by atoms with E-state index in [-0.39, 0.29) is 22.3 Å². The van der Waals surface area contributed by atoms with Crippen LogP contribution in [0.1, 0.15) is 66.2 Å². The maximum atomic E-state index is 11.9. The van der Waals surface area contributed by atoms with E-state index in [1.807, 2.05) is 6.92 Å². The topological polar surface area (TPSA) is 74.6 Å². The first-order valence-electron chi connectivity index (χ1n) is 9.81. The number of allylic oxidation sites excluding steroid dienone is 3. The Balaban J connectivity index is 2.50. The number of aliphatic hydroxyl groups excluding tert-OH is 1. The molecule has 0 saturated heterocycles. The number of aliphatic hydroxyl groups is 2. The van der Waals surface area contributed by atoms with E-state index in [0.29, 0.717) is 12.2 Å². The third-order valence-corrected chi connectivity index (χ3v) is 7.17. The predicted molar refractivity (Wildman–Crippen MR) is 106 cm³/mol. The zero-order chi connectivity index (χ0) is 20.5. The van der Waals surface area contributed by atoms with Crippen LogP contribution in [0, 0.1) is 35.0 Å². The van der Waals surface area contributed by atoms with Gasteiger partial charge in [-0.1, -0.05) is 40.0 Å². The van der Waals surface area contributed by atoms with Gasteiger partial charge in [-0.15, -0.1) is 6.42 Å². The van der Waals surface area contributed by atoms with Crippen LogP contribution in [0.3, 0.4) is 0 Å². The van der Waals surface area contributed by atoms with E-state index >= 15 is 0 Å². The number of fused-ring (bicyclic) bond motifs is 1. The Morgan fingerprint density at radius 3 is 2.52 bits per heavy atom. The van der Waals surface area contributed by atoms with Crippen LogP contribution in [0.4, 0.5) is 0 Å². The Morgan fingerprint density at radius 2 is 1.93 bits per heavy atom. The lowest BCUT2D eigenvalue weighted by atomic mass is 9.44. The zero-order valence-corrected chi connectivity index (χ0v) is 16.9. The summed E-state index contributed by atoms with van der Waals surface area (Å²) < 4.78 is 0. The van der Waals surface area contributed by atoms with E-state index in [9.17, 15) is 19.8 Å². The highest BCUT2D eigenvalue weighted by Gasteiger charge is 2.60. The Kier molecular flexibility index (Phi) is 6.06. The van der Waals surface area contributed by atoms with Crippen LogP contribution in [0.25, 0.3) is 0 Å². The van der Waals surface area contributed by atoms with Crippen molar-refractivity contribution < 1.29 is 19.8 Å². The van der Waals surface area contributed by atoms with Gasteiger partial charge >= 0.3 is 0 Å². The van der Waals surface area contributed by atoms with E-state index in [4.69, 9.17) is 6.42 Å². The van der Waals surface area contributed by atoms with Crippen molar-refractivity contribution >= 4 is 12.1 Å². The quantitative estimate of drug-likeness (QED) is 0.190. The van der Waals surface area contributed by atoms with Gasteiger partial charge in [0.25, 0.3) is 0 Å². The van der Waals surface area contributed by atoms with Gasteiger partial charge in [0.2, 0.25) is 5.78 Å². The number of hydrogen-bond donors (Lipinski definition) is 2. The molecule has 2 saturated carbocycles. The lowest BCUT2D eigenvalue weighted by Crippen LogP contribution is -2.61. The Labute approximate surface area is 162 Å². The van der Waals surface area contributed by atoms with Crippen LogP contribution in [0.2, 0.25) is 0 Å². The van der Waals surface area contributed by atoms with Crippen molar-refractivity contribution in [1.82, 2.24) is 0 Å². The van der Waals surface area contributed by atoms with Gasteiger partial charge in [-0.25, -0.2) is 0 Å². The first-order valence-corrected chi connectivity index (χ1v) is 9.81. The fraction of sp³-hybridized carbons (Fsp3) is 0.652. The minimum absolute atomic E-state index is 0.0113. The molecule has 0 aromatic rings. The summed E-state index contributed by atoms with van der Waals surface area (Å²) >= 11 is 0. The summed E-state index contributed by atoms with van der Waals surface area (Å²) in [5, 5.41) is 21.8. The molecular weight excluding hydrogens is 340 g/mol. The van der Waals surface area contributed by atoms with Crippen molar-refractivity contribution in [3.05, 3.63) is 23.5 Å². The minimum Gasteiger partial charge on any atom is -0.504 e. The van der Waals surface area contributed by atoms with Crippen molar-refractivity contribution in [2.75, 3.05) is 0 Å². The average Bonchev–Trinajstić information content (AvgIpc) is 2.58. The lowest BCUT2D eigenvalue weighted by molar-refractivity contribution is -0.182. The molecule has 4 heteroatoms. The lowest BCUT2D eigenvalue weighted by Gasteiger charge is -2.62. The molecule has 2 aliphatic rings. The number of Topliss-reactive ketones (excluding diaryl/α,β-unsaturated/α-hetero) is 1. The van der Waals surface area contributed by atoms with Gasteiger partial charge < -0.3 is 15.0 Å². The third kappa shape index (κ3) is 3.75. The third-order valence-electron chi connectivity index (χ3n) is 7.17. The summed E-state index contributed by atoms with van der Waals surface area (Å²) in [6.45, 7) is 8.75. The molecule has 0 amide bonds. The van der Waals surface area contributed by atoms with Gasteiger partial charge in [-0.2, -0.15) is 0 Å². The van der Waals surface area contributed by atoms with E-state index in [1.54, 1.807) is 6.08 Å². The molecule has 0 heterocycles. The predicted octanol–water partition coefficient (Wildman–Crippen LogP) is 4.14. The monoisotopic (exact) mass is 372 g/mol. The molecule has 0 aliphatic heterocycles. The van der Waals surface area contributed by atoms with Gasteiger partial charge in [-0.3, -0.25) is 4.79 Å². The van der Waals surface area contributed by atoms with Crippen LogP contribution < -0.4 is 0 Å². The molecule has 27 heavy (non-hydrogen) atoms. The molecule has 1 unspecified atom stereocenters. The highest BCUT2D eigenvalue weighted by atomic mass is 16.3. The number of rotatable bonds is 5. The van der Waals surface area contributed by atoms with Crippen LogP contribution >= 0.6 is 0 Å². The number of hydrogen-bond acceptors (Lipinski definition) is 4. The van der Waals surface area contributed by atoms with Gasteiger partial charge in [0.15, 0.2) is 5.76 Å². The maximum Gasteiger partial charge on any atom is 0.204 e. The second-order valence-corrected chi connectivity index (χ2v) is 9.18. The second kappa shape index (κ2) is 7.64. The molecule has 4 nitrogen and oxygen atoms in total. The highest BCUT2D eigenvalue weighted by molar-refractivity contribution is 6.00. The van der Waals surface area contributed by atoms with E-state index in [0.717, 1.165) is 32.1 Å². The molecule has 2 rings (SSSR count). The molecule has 0 bridgehead atoms. The molecule has 2 N–H and O–H groups in total. The molecular formula is C23H32O4. The molecule has 2 fully saturated rings. The number of aldehydes is 1. The normalized spacial score (nSPS) is 36.4. The van der Waals surface area contributed by atoms with Crippen LogP contribution in [-0.4, -0.2) is 27.9 Å². The van der Waals surface area contributed by atoms with Crippen molar-refractivity contribution in [3.8, 4) is 12.3 Å². The summed E-state index contributed by atoms with van der Waals surface area (Å²) in [7, 11) is 0. The van der Waals surface area contributed by atoms with Gasteiger partial charge in [0.1, 0.15) is 6.29 Å². The highest BCUT2D eigenvalue weighted by Crippen LogP contribution is 2.63. The van der Waals surface area contributed by atoms with E-state index < -0.39 is 23.6 Å². The summed E-state index contributed by atoms with van der Waals surface area (Å²) in [6.07, 6.45) is 13.6. The molecule has 0 spiro atoms. The molecule has 0 aromatic carbocycles. The van der Waals surface area contributed by atoms with Crippen LogP contribution in [0.5, 0.6) is 0 Å². The van der Waals surface area contributed by atoms with Crippen molar-refractivity contribution in [3.63, 3.8) is 0 Å². The largest absolute Gasteiger partial charge is 0.504 e. The second-order valence-electron chi connectivity index (χ2n) is 9.18. The SMILES string of the molecule is C#CC(=C\[C@]1(O)[C@H](C)CC[C@H]2C(C)(C)CCCC21C)/C=C(/O)C(=O)CC=O. The fourth-order valence-electron chi connectivity index (χ4n) is 5.59. The summed E-state index contributed by atoms with van der Waals surface area (Å²) in [5.41, 5.74) is -1.04. The van der Waals surface area contributed by atoms with Gasteiger partial charge in [0.05, 0.1) is 12.0 Å². The van der Waals surface area contributed by atoms with Crippen molar-refractivity contribution in [2.45, 2.75) is 71.8 Å². The Morgan fingerprint density at radius 1 is 1.26 bits per heavy atom. The van der Waals surface area contributed by atoms with E-state index in [2.05, 4.69) is 26.7 Å². The summed E-state index contributed by atoms with van der Waals surface area (Å²) in [6, 6.07) is 0. The van der Waals surface area contributed by atoms with Crippen molar-refractivity contribution in [1.29, 1.82) is 0 Å². The van der Waals surface area contributed by atoms with Crippen LogP contribution in [-0.2, 0) is 9.59 Å². The number of carbonyl (C=O) groups is 2. The summed E-state index contributed by atoms with van der Waals surface area (Å²) in [5.74, 6) is 1.62. The molecule has 0 aromatic heterocycles. The number of carbonyl (C=O) groups excluding carboxylic acids is 2. The minimum atomic E-state index is -1.13.